The fraction of sp³-hybridized carbons (Fsp3) is 0.391. The minimum atomic E-state index is -0.373. The van der Waals surface area contributed by atoms with Crippen LogP contribution in [-0.2, 0) is 9.59 Å². The first-order valence-electron chi connectivity index (χ1n) is 10.5. The summed E-state index contributed by atoms with van der Waals surface area (Å²) in [6.45, 7) is 0.697. The number of anilines is 1. The number of carbonyl (C=O) groups is 2. The third-order valence-corrected chi connectivity index (χ3v) is 7.00. The maximum atomic E-state index is 12.6. The fourth-order valence-corrected chi connectivity index (χ4v) is 5.06. The first-order valence-corrected chi connectivity index (χ1v) is 11.3. The van der Waals surface area contributed by atoms with Crippen molar-refractivity contribution in [2.75, 3.05) is 18.9 Å². The number of nitrogens with zero attached hydrogens (tertiary/aromatic N) is 1. The first kappa shape index (κ1) is 20.9. The summed E-state index contributed by atoms with van der Waals surface area (Å²) in [5.74, 6) is -0.0738. The molecular formula is C23H28N4O2S. The molecule has 0 bridgehead atoms. The van der Waals surface area contributed by atoms with Gasteiger partial charge in [0.25, 0.3) is 0 Å². The van der Waals surface area contributed by atoms with Crippen LogP contribution < -0.4 is 16.2 Å². The largest absolute Gasteiger partial charge is 0.346 e. The smallest absolute Gasteiger partial charge is 0.238 e. The van der Waals surface area contributed by atoms with E-state index in [-0.39, 0.29) is 23.5 Å². The molecule has 0 spiro atoms. The molecule has 2 amide bonds. The predicted octanol–water partition coefficient (Wildman–Crippen LogP) is 3.34. The molecule has 7 heteroatoms. The lowest BCUT2D eigenvalue weighted by molar-refractivity contribution is -0.131. The molecule has 2 aromatic rings. The average molecular weight is 425 g/mol. The van der Waals surface area contributed by atoms with Gasteiger partial charge in [-0.15, -0.1) is 11.8 Å². The van der Waals surface area contributed by atoms with E-state index in [1.807, 2.05) is 37.4 Å². The standard InChI is InChI=1S/C23H28N4O2S/c1-27(13-7-10-17-14-19(26-25-17)16-8-3-2-4-9-16)22(28)15-21-23(29)24-18-11-5-6-12-20(18)30-21/h2-6,8-9,11-12,17,19,21,25-26H,7,10,13-15H2,1H3,(H,24,29). The summed E-state index contributed by atoms with van der Waals surface area (Å²) in [4.78, 5) is 27.7. The van der Waals surface area contributed by atoms with E-state index in [2.05, 4.69) is 40.4 Å². The Hall–Kier alpha value is -2.35. The molecule has 1 saturated heterocycles. The summed E-state index contributed by atoms with van der Waals surface area (Å²) < 4.78 is 0. The molecule has 3 atom stereocenters. The topological polar surface area (TPSA) is 73.5 Å². The Balaban J connectivity index is 1.20. The van der Waals surface area contributed by atoms with E-state index in [4.69, 9.17) is 0 Å². The van der Waals surface area contributed by atoms with Gasteiger partial charge in [-0.3, -0.25) is 20.4 Å². The van der Waals surface area contributed by atoms with Crippen molar-refractivity contribution in [3.05, 3.63) is 60.2 Å². The third kappa shape index (κ3) is 5.03. The molecule has 2 aliphatic heterocycles. The Bertz CT molecular complexity index is 892. The molecule has 0 saturated carbocycles. The van der Waals surface area contributed by atoms with Crippen LogP contribution in [0.3, 0.4) is 0 Å². The number of fused-ring (bicyclic) bond motifs is 1. The van der Waals surface area contributed by atoms with Crippen LogP contribution in [0.1, 0.15) is 37.3 Å². The van der Waals surface area contributed by atoms with Crippen LogP contribution in [0.2, 0.25) is 0 Å². The van der Waals surface area contributed by atoms with Crippen molar-refractivity contribution in [2.45, 2.75) is 47.9 Å². The van der Waals surface area contributed by atoms with Crippen LogP contribution in [0.4, 0.5) is 5.69 Å². The van der Waals surface area contributed by atoms with Crippen molar-refractivity contribution in [1.82, 2.24) is 15.8 Å². The highest BCUT2D eigenvalue weighted by molar-refractivity contribution is 8.01. The molecule has 158 valence electrons. The van der Waals surface area contributed by atoms with Crippen LogP contribution in [-0.4, -0.2) is 41.6 Å². The molecule has 2 aromatic carbocycles. The number of para-hydroxylation sites is 1. The zero-order valence-corrected chi connectivity index (χ0v) is 18.0. The number of rotatable bonds is 7. The van der Waals surface area contributed by atoms with Gasteiger partial charge in [-0.1, -0.05) is 42.5 Å². The number of hydrogen-bond donors (Lipinski definition) is 3. The Labute approximate surface area is 181 Å². The summed E-state index contributed by atoms with van der Waals surface area (Å²) in [6, 6.07) is 18.9. The molecule has 4 rings (SSSR count). The second kappa shape index (κ2) is 9.64. The highest BCUT2D eigenvalue weighted by atomic mass is 32.2. The van der Waals surface area contributed by atoms with Gasteiger partial charge in [0.15, 0.2) is 0 Å². The fourth-order valence-electron chi connectivity index (χ4n) is 3.96. The minimum Gasteiger partial charge on any atom is -0.346 e. The predicted molar refractivity (Wildman–Crippen MR) is 120 cm³/mol. The minimum absolute atomic E-state index is 0.0155. The van der Waals surface area contributed by atoms with E-state index in [1.165, 1.54) is 17.3 Å². The second-order valence-corrected chi connectivity index (χ2v) is 9.18. The highest BCUT2D eigenvalue weighted by Gasteiger charge is 2.30. The van der Waals surface area contributed by atoms with E-state index < -0.39 is 0 Å². The van der Waals surface area contributed by atoms with Crippen LogP contribution in [0.15, 0.2) is 59.5 Å². The second-order valence-electron chi connectivity index (χ2n) is 7.94. The normalized spacial score (nSPS) is 23.0. The van der Waals surface area contributed by atoms with Gasteiger partial charge in [-0.25, -0.2) is 0 Å². The van der Waals surface area contributed by atoms with E-state index in [9.17, 15) is 9.59 Å². The van der Waals surface area contributed by atoms with E-state index >= 15 is 0 Å². The molecule has 6 nitrogen and oxygen atoms in total. The van der Waals surface area contributed by atoms with Crippen molar-refractivity contribution in [2.24, 2.45) is 0 Å². The summed E-state index contributed by atoms with van der Waals surface area (Å²) in [6.07, 6.45) is 3.19. The van der Waals surface area contributed by atoms with Crippen LogP contribution >= 0.6 is 11.8 Å². The van der Waals surface area contributed by atoms with Gasteiger partial charge < -0.3 is 10.2 Å². The lowest BCUT2D eigenvalue weighted by atomic mass is 10.00. The van der Waals surface area contributed by atoms with E-state index in [0.29, 0.717) is 18.6 Å². The Kier molecular flexibility index (Phi) is 6.72. The highest BCUT2D eigenvalue weighted by Crippen LogP contribution is 2.36. The van der Waals surface area contributed by atoms with E-state index in [0.717, 1.165) is 29.8 Å². The quantitative estimate of drug-likeness (QED) is 0.636. The monoisotopic (exact) mass is 424 g/mol. The van der Waals surface area contributed by atoms with Gasteiger partial charge in [0, 0.05) is 37.0 Å². The van der Waals surface area contributed by atoms with Crippen LogP contribution in [0.5, 0.6) is 0 Å². The number of carbonyl (C=O) groups excluding carboxylic acids is 2. The van der Waals surface area contributed by atoms with Crippen LogP contribution in [0.25, 0.3) is 0 Å². The molecule has 30 heavy (non-hydrogen) atoms. The van der Waals surface area contributed by atoms with Crippen molar-refractivity contribution >= 4 is 29.3 Å². The number of hydrazine groups is 1. The van der Waals surface area contributed by atoms with Crippen molar-refractivity contribution in [3.8, 4) is 0 Å². The van der Waals surface area contributed by atoms with Gasteiger partial charge in [0.2, 0.25) is 11.8 Å². The van der Waals surface area contributed by atoms with E-state index in [1.54, 1.807) is 4.90 Å². The van der Waals surface area contributed by atoms with Crippen molar-refractivity contribution in [3.63, 3.8) is 0 Å². The molecule has 3 unspecified atom stereocenters. The Morgan fingerprint density at radius 2 is 1.87 bits per heavy atom. The summed E-state index contributed by atoms with van der Waals surface area (Å²) in [5.41, 5.74) is 8.88. The van der Waals surface area contributed by atoms with Gasteiger partial charge in [-0.05, 0) is 37.0 Å². The number of nitrogens with one attached hydrogen (secondary N) is 3. The Morgan fingerprint density at radius 3 is 2.70 bits per heavy atom. The Morgan fingerprint density at radius 1 is 1.10 bits per heavy atom. The average Bonchev–Trinajstić information content (AvgIpc) is 3.23. The lowest BCUT2D eigenvalue weighted by Gasteiger charge is -2.25. The number of hydrogen-bond acceptors (Lipinski definition) is 5. The van der Waals surface area contributed by atoms with Gasteiger partial charge in [0.1, 0.15) is 0 Å². The zero-order chi connectivity index (χ0) is 20.9. The first-order chi connectivity index (χ1) is 14.6. The SMILES string of the molecule is CN(CCCC1CC(c2ccccc2)NN1)C(=O)CC1Sc2ccccc2NC1=O. The molecule has 0 aromatic heterocycles. The molecule has 0 radical (unpaired) electrons. The zero-order valence-electron chi connectivity index (χ0n) is 17.1. The number of amides is 2. The maximum Gasteiger partial charge on any atom is 0.238 e. The van der Waals surface area contributed by atoms with Crippen molar-refractivity contribution in [1.29, 1.82) is 0 Å². The molecule has 2 aliphatic rings. The number of benzene rings is 2. The number of thioether (sulfide) groups is 1. The maximum absolute atomic E-state index is 12.6. The van der Waals surface area contributed by atoms with Crippen molar-refractivity contribution < 1.29 is 9.59 Å². The summed E-state index contributed by atoms with van der Waals surface area (Å²) in [7, 11) is 1.83. The van der Waals surface area contributed by atoms with Gasteiger partial charge >= 0.3 is 0 Å². The van der Waals surface area contributed by atoms with Crippen LogP contribution in [0, 0.1) is 0 Å². The summed E-state index contributed by atoms with van der Waals surface area (Å²) in [5, 5.41) is 2.53. The summed E-state index contributed by atoms with van der Waals surface area (Å²) >= 11 is 1.48. The lowest BCUT2D eigenvalue weighted by Crippen LogP contribution is -2.36. The molecule has 0 aliphatic carbocycles. The molecular weight excluding hydrogens is 396 g/mol. The van der Waals surface area contributed by atoms with Gasteiger partial charge in [-0.2, -0.15) is 0 Å². The van der Waals surface area contributed by atoms with Gasteiger partial charge in [0.05, 0.1) is 10.9 Å². The molecule has 2 heterocycles. The molecule has 1 fully saturated rings. The third-order valence-electron chi connectivity index (χ3n) is 5.72. The molecule has 3 N–H and O–H groups in total.